The van der Waals surface area contributed by atoms with Crippen molar-refractivity contribution in [1.29, 1.82) is 0 Å². The molecule has 0 aliphatic heterocycles. The highest BCUT2D eigenvalue weighted by Gasteiger charge is 2.08. The van der Waals surface area contributed by atoms with Crippen LogP contribution in [0.4, 0.5) is 0 Å². The molecule has 0 aliphatic carbocycles. The molecule has 0 saturated carbocycles. The third-order valence-corrected chi connectivity index (χ3v) is 3.56. The van der Waals surface area contributed by atoms with Gasteiger partial charge >= 0.3 is 0 Å². The van der Waals surface area contributed by atoms with Gasteiger partial charge in [-0.15, -0.1) is 0 Å². The summed E-state index contributed by atoms with van der Waals surface area (Å²) in [6.45, 7) is 6.69. The van der Waals surface area contributed by atoms with E-state index >= 15 is 0 Å². The van der Waals surface area contributed by atoms with E-state index in [0.717, 1.165) is 16.9 Å². The molecule has 0 atom stereocenters. The zero-order chi connectivity index (χ0) is 14.7. The molecule has 0 spiro atoms. The zero-order valence-corrected chi connectivity index (χ0v) is 12.7. The Kier molecular flexibility index (Phi) is 4.63. The number of halogens is 1. The first-order valence-corrected chi connectivity index (χ1v) is 7.02. The minimum Gasteiger partial charge on any atom is -0.439 e. The summed E-state index contributed by atoms with van der Waals surface area (Å²) in [5.74, 6) is 1.78. The number of nitrogens with zero attached hydrogens (tertiary/aromatic N) is 1. The van der Waals surface area contributed by atoms with Crippen molar-refractivity contribution in [1.82, 2.24) is 4.98 Å². The average Bonchev–Trinajstić information content (AvgIpc) is 2.43. The predicted molar refractivity (Wildman–Crippen MR) is 82.5 cm³/mol. The summed E-state index contributed by atoms with van der Waals surface area (Å²) in [5.41, 5.74) is 8.77. The van der Waals surface area contributed by atoms with Gasteiger partial charge in [0.25, 0.3) is 0 Å². The van der Waals surface area contributed by atoms with Crippen LogP contribution in [0, 0.1) is 6.92 Å². The van der Waals surface area contributed by atoms with Gasteiger partial charge in [0.05, 0.1) is 5.02 Å². The maximum atomic E-state index is 6.00. The molecule has 1 heterocycles. The van der Waals surface area contributed by atoms with E-state index in [0.29, 0.717) is 23.4 Å². The van der Waals surface area contributed by atoms with Crippen molar-refractivity contribution in [2.75, 3.05) is 0 Å². The summed E-state index contributed by atoms with van der Waals surface area (Å²) in [7, 11) is 0. The molecule has 0 aliphatic rings. The highest BCUT2D eigenvalue weighted by Crippen LogP contribution is 2.29. The number of benzene rings is 1. The highest BCUT2D eigenvalue weighted by atomic mass is 35.5. The third-order valence-electron chi connectivity index (χ3n) is 3.22. The Bertz CT molecular complexity index is 611. The molecule has 3 nitrogen and oxygen atoms in total. The summed E-state index contributed by atoms with van der Waals surface area (Å²) < 4.78 is 5.87. The first kappa shape index (κ1) is 14.8. The monoisotopic (exact) mass is 290 g/mol. The van der Waals surface area contributed by atoms with Crippen molar-refractivity contribution in [3.8, 4) is 11.6 Å². The lowest BCUT2D eigenvalue weighted by Crippen LogP contribution is -1.99. The lowest BCUT2D eigenvalue weighted by atomic mass is 10.0. The van der Waals surface area contributed by atoms with E-state index in [1.165, 1.54) is 5.56 Å². The van der Waals surface area contributed by atoms with Crippen LogP contribution in [0.2, 0.25) is 5.02 Å². The summed E-state index contributed by atoms with van der Waals surface area (Å²) in [4.78, 5) is 4.19. The summed E-state index contributed by atoms with van der Waals surface area (Å²) >= 11 is 6.00. The number of rotatable bonds is 4. The number of aryl methyl sites for hydroxylation is 1. The number of nitrogens with two attached hydrogens (primary N) is 1. The van der Waals surface area contributed by atoms with Crippen molar-refractivity contribution in [2.24, 2.45) is 5.73 Å². The molecule has 20 heavy (non-hydrogen) atoms. The molecule has 2 aromatic rings. The standard InChI is InChI=1S/C16H19ClN2O/c1-10(2)12-5-4-11(3)15(6-12)20-16-7-13(8-18)14(17)9-19-16/h4-7,9-10H,8,18H2,1-3H3. The lowest BCUT2D eigenvalue weighted by Gasteiger charge is -2.12. The Morgan fingerprint density at radius 1 is 1.30 bits per heavy atom. The van der Waals surface area contributed by atoms with E-state index in [4.69, 9.17) is 22.1 Å². The highest BCUT2D eigenvalue weighted by molar-refractivity contribution is 6.31. The molecule has 106 valence electrons. The molecule has 0 bridgehead atoms. The lowest BCUT2D eigenvalue weighted by molar-refractivity contribution is 0.457. The molecule has 1 aromatic carbocycles. The largest absolute Gasteiger partial charge is 0.439 e. The van der Waals surface area contributed by atoms with Gasteiger partial charge in [0.2, 0.25) is 5.88 Å². The normalized spacial score (nSPS) is 10.9. The fraction of sp³-hybridized carbons (Fsp3) is 0.312. The van der Waals surface area contributed by atoms with Gasteiger partial charge in [-0.05, 0) is 35.6 Å². The van der Waals surface area contributed by atoms with Gasteiger partial charge < -0.3 is 10.5 Å². The maximum Gasteiger partial charge on any atom is 0.219 e. The molecule has 2 rings (SSSR count). The molecular formula is C16H19ClN2O. The quantitative estimate of drug-likeness (QED) is 0.907. The Morgan fingerprint density at radius 3 is 2.70 bits per heavy atom. The fourth-order valence-electron chi connectivity index (χ4n) is 1.87. The van der Waals surface area contributed by atoms with Crippen molar-refractivity contribution >= 4 is 11.6 Å². The van der Waals surface area contributed by atoms with E-state index in [1.807, 2.05) is 6.92 Å². The van der Waals surface area contributed by atoms with Crippen LogP contribution in [0.5, 0.6) is 11.6 Å². The molecule has 0 saturated heterocycles. The number of aromatic nitrogens is 1. The number of hydrogen-bond donors (Lipinski definition) is 1. The van der Waals surface area contributed by atoms with E-state index in [9.17, 15) is 0 Å². The number of ether oxygens (including phenoxy) is 1. The van der Waals surface area contributed by atoms with Gasteiger partial charge in [-0.1, -0.05) is 37.6 Å². The predicted octanol–water partition coefficient (Wildman–Crippen LogP) is 4.42. The number of hydrogen-bond acceptors (Lipinski definition) is 3. The van der Waals surface area contributed by atoms with Crippen molar-refractivity contribution in [3.63, 3.8) is 0 Å². The van der Waals surface area contributed by atoms with Gasteiger partial charge in [-0.25, -0.2) is 4.98 Å². The first-order chi connectivity index (χ1) is 9.51. The van der Waals surface area contributed by atoms with Gasteiger partial charge in [0.15, 0.2) is 0 Å². The average molecular weight is 291 g/mol. The summed E-state index contributed by atoms with van der Waals surface area (Å²) in [6, 6.07) is 8.01. The molecule has 0 amide bonds. The SMILES string of the molecule is Cc1ccc(C(C)C)cc1Oc1cc(CN)c(Cl)cn1. The minimum atomic E-state index is 0.364. The van der Waals surface area contributed by atoms with Crippen LogP contribution in [0.3, 0.4) is 0 Å². The van der Waals surface area contributed by atoms with Gasteiger partial charge in [-0.2, -0.15) is 0 Å². The van der Waals surface area contributed by atoms with Crippen LogP contribution < -0.4 is 10.5 Å². The third kappa shape index (κ3) is 3.30. The zero-order valence-electron chi connectivity index (χ0n) is 12.0. The maximum absolute atomic E-state index is 6.00. The minimum absolute atomic E-state index is 0.364. The van der Waals surface area contributed by atoms with Crippen LogP contribution in [-0.4, -0.2) is 4.98 Å². The molecule has 1 aromatic heterocycles. The number of pyridine rings is 1. The topological polar surface area (TPSA) is 48.1 Å². The van der Waals surface area contributed by atoms with E-state index < -0.39 is 0 Å². The molecule has 0 fully saturated rings. The van der Waals surface area contributed by atoms with E-state index in [2.05, 4.69) is 37.0 Å². The van der Waals surface area contributed by atoms with Gasteiger partial charge in [0.1, 0.15) is 5.75 Å². The van der Waals surface area contributed by atoms with Crippen LogP contribution in [-0.2, 0) is 6.54 Å². The Hall–Kier alpha value is -1.58. The molecule has 4 heteroatoms. The smallest absolute Gasteiger partial charge is 0.219 e. The van der Waals surface area contributed by atoms with Crippen molar-refractivity contribution < 1.29 is 4.74 Å². The Labute approximate surface area is 124 Å². The van der Waals surface area contributed by atoms with Crippen LogP contribution in [0.15, 0.2) is 30.5 Å². The van der Waals surface area contributed by atoms with Crippen molar-refractivity contribution in [2.45, 2.75) is 33.2 Å². The van der Waals surface area contributed by atoms with Crippen LogP contribution in [0.1, 0.15) is 36.5 Å². The molecule has 0 radical (unpaired) electrons. The van der Waals surface area contributed by atoms with Gasteiger partial charge in [-0.3, -0.25) is 0 Å². The van der Waals surface area contributed by atoms with Gasteiger partial charge in [0, 0.05) is 18.8 Å². The first-order valence-electron chi connectivity index (χ1n) is 6.64. The fourth-order valence-corrected chi connectivity index (χ4v) is 2.05. The van der Waals surface area contributed by atoms with Crippen LogP contribution in [0.25, 0.3) is 0 Å². The van der Waals surface area contributed by atoms with E-state index in [-0.39, 0.29) is 0 Å². The Balaban J connectivity index is 2.32. The summed E-state index contributed by atoms with van der Waals surface area (Å²) in [5, 5.41) is 0.563. The van der Waals surface area contributed by atoms with Crippen LogP contribution >= 0.6 is 11.6 Å². The molecule has 2 N–H and O–H groups in total. The second kappa shape index (κ2) is 6.25. The second-order valence-electron chi connectivity index (χ2n) is 5.10. The van der Waals surface area contributed by atoms with E-state index in [1.54, 1.807) is 12.3 Å². The molecule has 0 unspecified atom stereocenters. The van der Waals surface area contributed by atoms with Crippen molar-refractivity contribution in [3.05, 3.63) is 52.2 Å². The second-order valence-corrected chi connectivity index (χ2v) is 5.51. The summed E-state index contributed by atoms with van der Waals surface area (Å²) in [6.07, 6.45) is 1.57. The Morgan fingerprint density at radius 2 is 2.05 bits per heavy atom. The molecular weight excluding hydrogens is 272 g/mol.